The summed E-state index contributed by atoms with van der Waals surface area (Å²) in [6, 6.07) is 10.2. The first-order chi connectivity index (χ1) is 8.68. The Bertz CT molecular complexity index is 341. The first-order valence-electron chi connectivity index (χ1n) is 6.31. The van der Waals surface area contributed by atoms with Crippen molar-refractivity contribution in [1.29, 1.82) is 0 Å². The summed E-state index contributed by atoms with van der Waals surface area (Å²) in [4.78, 5) is 13.9. The molecule has 0 unspecified atom stereocenters. The third-order valence-corrected chi connectivity index (χ3v) is 3.50. The highest BCUT2D eigenvalue weighted by molar-refractivity contribution is 7.99. The first-order valence-corrected chi connectivity index (χ1v) is 7.29. The standard InChI is InChI=1S/C14H21NO2S/c1-15(2)10-11-17-14(16)9-6-12-18-13-7-4-3-5-8-13/h3-5,7-8H,6,9-12H2,1-2H3/p+1. The van der Waals surface area contributed by atoms with Crippen molar-refractivity contribution in [3.8, 4) is 0 Å². The van der Waals surface area contributed by atoms with Crippen LogP contribution in [0.3, 0.4) is 0 Å². The van der Waals surface area contributed by atoms with E-state index in [-0.39, 0.29) is 5.97 Å². The summed E-state index contributed by atoms with van der Waals surface area (Å²) in [5.74, 6) is 0.878. The maximum absolute atomic E-state index is 11.4. The van der Waals surface area contributed by atoms with Crippen LogP contribution in [0.5, 0.6) is 0 Å². The van der Waals surface area contributed by atoms with Crippen molar-refractivity contribution in [1.82, 2.24) is 0 Å². The number of benzene rings is 1. The topological polar surface area (TPSA) is 30.7 Å². The Labute approximate surface area is 114 Å². The van der Waals surface area contributed by atoms with E-state index in [4.69, 9.17) is 4.74 Å². The number of likely N-dealkylation sites (N-methyl/N-ethyl adjacent to an activating group) is 1. The average molecular weight is 268 g/mol. The smallest absolute Gasteiger partial charge is 0.306 e. The predicted octanol–water partition coefficient (Wildman–Crippen LogP) is 1.25. The van der Waals surface area contributed by atoms with Gasteiger partial charge < -0.3 is 9.64 Å². The minimum atomic E-state index is -0.0788. The monoisotopic (exact) mass is 268 g/mol. The summed E-state index contributed by atoms with van der Waals surface area (Å²) in [7, 11) is 4.09. The van der Waals surface area contributed by atoms with Crippen LogP contribution in [0.4, 0.5) is 0 Å². The van der Waals surface area contributed by atoms with E-state index >= 15 is 0 Å². The van der Waals surface area contributed by atoms with E-state index in [2.05, 4.69) is 12.1 Å². The Balaban J connectivity index is 2.02. The fourth-order valence-corrected chi connectivity index (χ4v) is 2.24. The molecule has 0 heterocycles. The molecular formula is C14H22NO2S+. The molecule has 1 aromatic carbocycles. The molecule has 0 radical (unpaired) electrons. The van der Waals surface area contributed by atoms with Gasteiger partial charge >= 0.3 is 5.97 Å². The van der Waals surface area contributed by atoms with E-state index in [1.165, 1.54) is 9.80 Å². The fourth-order valence-electron chi connectivity index (χ4n) is 1.36. The van der Waals surface area contributed by atoms with Crippen molar-refractivity contribution in [3.63, 3.8) is 0 Å². The minimum absolute atomic E-state index is 0.0788. The van der Waals surface area contributed by atoms with Gasteiger partial charge in [0.1, 0.15) is 13.2 Å². The van der Waals surface area contributed by atoms with Gasteiger partial charge in [-0.25, -0.2) is 0 Å². The lowest BCUT2D eigenvalue weighted by molar-refractivity contribution is -0.858. The fraction of sp³-hybridized carbons (Fsp3) is 0.500. The van der Waals surface area contributed by atoms with Crippen LogP contribution in [0.1, 0.15) is 12.8 Å². The van der Waals surface area contributed by atoms with Crippen LogP contribution in [-0.4, -0.2) is 39.0 Å². The first kappa shape index (κ1) is 15.1. The Kier molecular flexibility index (Phi) is 7.53. The number of nitrogens with one attached hydrogen (secondary N) is 1. The van der Waals surface area contributed by atoms with Crippen molar-refractivity contribution < 1.29 is 14.4 Å². The van der Waals surface area contributed by atoms with Gasteiger partial charge in [-0.15, -0.1) is 11.8 Å². The maximum atomic E-state index is 11.4. The van der Waals surface area contributed by atoms with E-state index in [0.717, 1.165) is 18.7 Å². The van der Waals surface area contributed by atoms with Crippen LogP contribution in [0.25, 0.3) is 0 Å². The highest BCUT2D eigenvalue weighted by Gasteiger charge is 2.04. The number of thioether (sulfide) groups is 1. The molecule has 1 rings (SSSR count). The molecule has 0 saturated heterocycles. The lowest BCUT2D eigenvalue weighted by atomic mass is 10.3. The van der Waals surface area contributed by atoms with E-state index in [9.17, 15) is 4.79 Å². The summed E-state index contributed by atoms with van der Waals surface area (Å²) in [5, 5.41) is 0. The highest BCUT2D eigenvalue weighted by Crippen LogP contribution is 2.18. The van der Waals surface area contributed by atoms with Crippen molar-refractivity contribution in [2.75, 3.05) is 33.0 Å². The Hall–Kier alpha value is -1.00. The molecule has 0 amide bonds. The van der Waals surface area contributed by atoms with Gasteiger partial charge in [-0.1, -0.05) is 18.2 Å². The molecule has 1 N–H and O–H groups in total. The zero-order valence-electron chi connectivity index (χ0n) is 11.1. The Morgan fingerprint density at radius 1 is 1.28 bits per heavy atom. The Morgan fingerprint density at radius 3 is 2.67 bits per heavy atom. The molecule has 0 bridgehead atoms. The number of rotatable bonds is 8. The molecule has 0 aliphatic carbocycles. The van der Waals surface area contributed by atoms with Gasteiger partial charge in [0.2, 0.25) is 0 Å². The molecular weight excluding hydrogens is 246 g/mol. The van der Waals surface area contributed by atoms with Crippen molar-refractivity contribution >= 4 is 17.7 Å². The average Bonchev–Trinajstić information content (AvgIpc) is 2.35. The molecule has 0 atom stereocenters. The number of carbonyl (C=O) groups excluding carboxylic acids is 1. The third-order valence-electron chi connectivity index (χ3n) is 2.40. The van der Waals surface area contributed by atoms with Crippen molar-refractivity contribution in [3.05, 3.63) is 30.3 Å². The molecule has 0 fully saturated rings. The molecule has 0 saturated carbocycles. The SMILES string of the molecule is C[NH+](C)CCOC(=O)CCCSc1ccccc1. The summed E-state index contributed by atoms with van der Waals surface area (Å²) in [5.41, 5.74) is 0. The second kappa shape index (κ2) is 9.00. The molecule has 4 heteroatoms. The van der Waals surface area contributed by atoms with Gasteiger partial charge in [0.05, 0.1) is 14.1 Å². The zero-order chi connectivity index (χ0) is 13.2. The van der Waals surface area contributed by atoms with Crippen LogP contribution < -0.4 is 4.90 Å². The minimum Gasteiger partial charge on any atom is -0.460 e. The van der Waals surface area contributed by atoms with Gasteiger partial charge in [-0.2, -0.15) is 0 Å². The molecule has 18 heavy (non-hydrogen) atoms. The summed E-state index contributed by atoms with van der Waals surface area (Å²) in [6.07, 6.45) is 1.38. The molecule has 1 aromatic rings. The predicted molar refractivity (Wildman–Crippen MR) is 75.0 cm³/mol. The lowest BCUT2D eigenvalue weighted by Crippen LogP contribution is -3.06. The number of quaternary nitrogens is 1. The van der Waals surface area contributed by atoms with E-state index < -0.39 is 0 Å². The molecule has 0 aliphatic rings. The van der Waals surface area contributed by atoms with Crippen molar-refractivity contribution in [2.24, 2.45) is 0 Å². The zero-order valence-corrected chi connectivity index (χ0v) is 12.0. The van der Waals surface area contributed by atoms with Crippen LogP contribution >= 0.6 is 11.8 Å². The number of ether oxygens (including phenoxy) is 1. The number of hydrogen-bond acceptors (Lipinski definition) is 3. The van der Waals surface area contributed by atoms with E-state index in [1.54, 1.807) is 11.8 Å². The van der Waals surface area contributed by atoms with Gasteiger partial charge in [-0.05, 0) is 24.3 Å². The second-order valence-electron chi connectivity index (χ2n) is 4.44. The summed E-state index contributed by atoms with van der Waals surface area (Å²) in [6.45, 7) is 1.39. The summed E-state index contributed by atoms with van der Waals surface area (Å²) >= 11 is 1.78. The molecule has 0 spiro atoms. The van der Waals surface area contributed by atoms with E-state index in [1.807, 2.05) is 32.3 Å². The van der Waals surface area contributed by atoms with Crippen LogP contribution in [0.15, 0.2) is 35.2 Å². The Morgan fingerprint density at radius 2 is 2.00 bits per heavy atom. The van der Waals surface area contributed by atoms with Gasteiger partial charge in [0.25, 0.3) is 0 Å². The van der Waals surface area contributed by atoms with Crippen LogP contribution in [0, 0.1) is 0 Å². The second-order valence-corrected chi connectivity index (χ2v) is 5.61. The van der Waals surface area contributed by atoms with E-state index in [0.29, 0.717) is 13.0 Å². The van der Waals surface area contributed by atoms with Crippen LogP contribution in [0.2, 0.25) is 0 Å². The molecule has 0 aliphatic heterocycles. The number of esters is 1. The normalized spacial score (nSPS) is 10.6. The largest absolute Gasteiger partial charge is 0.460 e. The molecule has 100 valence electrons. The number of carbonyl (C=O) groups is 1. The third kappa shape index (κ3) is 7.35. The highest BCUT2D eigenvalue weighted by atomic mass is 32.2. The van der Waals surface area contributed by atoms with Gasteiger partial charge in [0, 0.05) is 11.3 Å². The van der Waals surface area contributed by atoms with Gasteiger partial charge in [0.15, 0.2) is 0 Å². The number of hydrogen-bond donors (Lipinski definition) is 1. The lowest BCUT2D eigenvalue weighted by Gasteiger charge is -2.07. The quantitative estimate of drug-likeness (QED) is 0.437. The molecule has 0 aromatic heterocycles. The van der Waals surface area contributed by atoms with Crippen LogP contribution in [-0.2, 0) is 9.53 Å². The maximum Gasteiger partial charge on any atom is 0.306 e. The molecule has 3 nitrogen and oxygen atoms in total. The van der Waals surface area contributed by atoms with Crippen molar-refractivity contribution in [2.45, 2.75) is 17.7 Å². The summed E-state index contributed by atoms with van der Waals surface area (Å²) < 4.78 is 5.14. The van der Waals surface area contributed by atoms with Gasteiger partial charge in [-0.3, -0.25) is 4.79 Å².